The van der Waals surface area contributed by atoms with Crippen LogP contribution in [0.15, 0.2) is 0 Å². The van der Waals surface area contributed by atoms with Crippen LogP contribution >= 0.6 is 0 Å². The first-order valence-electron chi connectivity index (χ1n) is 4.57. The van der Waals surface area contributed by atoms with E-state index in [1.807, 2.05) is 13.8 Å². The summed E-state index contributed by atoms with van der Waals surface area (Å²) in [6.45, 7) is 9.19. The van der Waals surface area contributed by atoms with Crippen LogP contribution in [0.3, 0.4) is 0 Å². The van der Waals surface area contributed by atoms with E-state index in [0.29, 0.717) is 11.4 Å². The molecule has 14 heavy (non-hydrogen) atoms. The summed E-state index contributed by atoms with van der Waals surface area (Å²) in [7, 11) is 0. The Morgan fingerprint density at radius 1 is 1.00 bits per heavy atom. The fraction of sp³-hybridized carbons (Fsp3) is 0.500. The van der Waals surface area contributed by atoms with Crippen molar-refractivity contribution < 1.29 is 9.90 Å². The minimum atomic E-state index is -1.02. The van der Waals surface area contributed by atoms with Gasteiger partial charge in [-0.1, -0.05) is 13.8 Å². The summed E-state index contributed by atoms with van der Waals surface area (Å²) < 4.78 is 0. The molecule has 1 rings (SSSR count). The van der Waals surface area contributed by atoms with Gasteiger partial charge >= 0.3 is 5.97 Å². The molecule has 0 saturated heterocycles. The molecule has 1 aromatic rings. The van der Waals surface area contributed by atoms with Gasteiger partial charge < -0.3 is 5.11 Å². The van der Waals surface area contributed by atoms with E-state index < -0.39 is 5.97 Å². The first-order chi connectivity index (χ1) is 6.52. The molecule has 0 unspecified atom stereocenters. The smallest absolute Gasteiger partial charge is 0.356 e. The van der Waals surface area contributed by atoms with Crippen molar-refractivity contribution in [2.24, 2.45) is 0 Å². The summed E-state index contributed by atoms with van der Waals surface area (Å²) in [6.07, 6.45) is 0. The van der Waals surface area contributed by atoms with Crippen molar-refractivity contribution in [2.75, 3.05) is 0 Å². The summed E-state index contributed by atoms with van der Waals surface area (Å²) in [5.74, 6) is -1.02. The van der Waals surface area contributed by atoms with E-state index in [1.54, 1.807) is 20.8 Å². The Bertz CT molecular complexity index is 335. The number of aromatic nitrogens is 2. The number of aromatic carboxylic acids is 1. The number of aryl methyl sites for hydroxylation is 3. The van der Waals surface area contributed by atoms with E-state index in [2.05, 4.69) is 9.97 Å². The highest BCUT2D eigenvalue weighted by Gasteiger charge is 2.11. The van der Waals surface area contributed by atoms with E-state index in [1.165, 1.54) is 0 Å². The predicted molar refractivity (Wildman–Crippen MR) is 54.6 cm³/mol. The number of hydrogen-bond acceptors (Lipinski definition) is 3. The van der Waals surface area contributed by atoms with Crippen LogP contribution in [-0.4, -0.2) is 21.0 Å². The highest BCUT2D eigenvalue weighted by molar-refractivity contribution is 5.86. The van der Waals surface area contributed by atoms with Gasteiger partial charge in [-0.2, -0.15) is 0 Å². The second-order valence-corrected chi connectivity index (χ2v) is 2.63. The van der Waals surface area contributed by atoms with Gasteiger partial charge in [0.05, 0.1) is 17.1 Å². The van der Waals surface area contributed by atoms with Crippen molar-refractivity contribution in [2.45, 2.75) is 34.6 Å². The predicted octanol–water partition coefficient (Wildman–Crippen LogP) is 2.13. The molecule has 1 N–H and O–H groups in total. The molecular weight excluding hydrogens is 180 g/mol. The Morgan fingerprint density at radius 2 is 1.43 bits per heavy atom. The Hall–Kier alpha value is -1.45. The van der Waals surface area contributed by atoms with Gasteiger partial charge in [0.2, 0.25) is 0 Å². The number of carboxylic acids is 1. The van der Waals surface area contributed by atoms with Crippen LogP contribution in [-0.2, 0) is 0 Å². The summed E-state index contributed by atoms with van der Waals surface area (Å²) >= 11 is 0. The van der Waals surface area contributed by atoms with Crippen LogP contribution in [0.2, 0.25) is 0 Å². The molecule has 0 aromatic carbocycles. The SMILES string of the molecule is CC.Cc1nc(C)c(C(=O)O)nc1C. The van der Waals surface area contributed by atoms with Gasteiger partial charge in [0.15, 0.2) is 5.69 Å². The largest absolute Gasteiger partial charge is 0.476 e. The summed E-state index contributed by atoms with van der Waals surface area (Å²) in [4.78, 5) is 18.5. The van der Waals surface area contributed by atoms with Crippen LogP contribution in [0.5, 0.6) is 0 Å². The highest BCUT2D eigenvalue weighted by Crippen LogP contribution is 2.06. The third kappa shape index (κ3) is 2.80. The summed E-state index contributed by atoms with van der Waals surface area (Å²) in [5, 5.41) is 8.68. The lowest BCUT2D eigenvalue weighted by Gasteiger charge is -2.02. The minimum Gasteiger partial charge on any atom is -0.476 e. The molecule has 4 heteroatoms. The van der Waals surface area contributed by atoms with E-state index in [4.69, 9.17) is 5.11 Å². The Morgan fingerprint density at radius 3 is 1.86 bits per heavy atom. The van der Waals surface area contributed by atoms with Gasteiger partial charge in [-0.3, -0.25) is 4.98 Å². The quantitative estimate of drug-likeness (QED) is 0.747. The van der Waals surface area contributed by atoms with Crippen molar-refractivity contribution in [1.82, 2.24) is 9.97 Å². The van der Waals surface area contributed by atoms with Crippen molar-refractivity contribution in [1.29, 1.82) is 0 Å². The van der Waals surface area contributed by atoms with Gasteiger partial charge in [0.1, 0.15) is 0 Å². The second kappa shape index (κ2) is 5.32. The Kier molecular flexibility index (Phi) is 4.77. The van der Waals surface area contributed by atoms with Crippen LogP contribution in [0.1, 0.15) is 41.4 Å². The number of carboxylic acid groups (broad SMARTS) is 1. The van der Waals surface area contributed by atoms with E-state index >= 15 is 0 Å². The standard InChI is InChI=1S/C8H10N2O2.C2H6/c1-4-5(2)10-7(8(11)12)6(3)9-4;1-2/h1-3H3,(H,11,12);1-2H3. The van der Waals surface area contributed by atoms with Crippen molar-refractivity contribution >= 4 is 5.97 Å². The van der Waals surface area contributed by atoms with Crippen molar-refractivity contribution in [3.63, 3.8) is 0 Å². The number of carbonyl (C=O) groups is 1. The molecule has 0 saturated carbocycles. The molecule has 0 aliphatic rings. The Labute approximate surface area is 84.0 Å². The molecule has 0 bridgehead atoms. The zero-order chi connectivity index (χ0) is 11.3. The average Bonchev–Trinajstić information content (AvgIpc) is 2.14. The first kappa shape index (κ1) is 12.6. The maximum atomic E-state index is 10.6. The maximum absolute atomic E-state index is 10.6. The molecule has 0 aliphatic carbocycles. The molecule has 0 radical (unpaired) electrons. The molecule has 78 valence electrons. The van der Waals surface area contributed by atoms with Crippen molar-refractivity contribution in [3.8, 4) is 0 Å². The lowest BCUT2D eigenvalue weighted by atomic mass is 10.2. The topological polar surface area (TPSA) is 63.1 Å². The first-order valence-corrected chi connectivity index (χ1v) is 4.57. The molecule has 0 amide bonds. The monoisotopic (exact) mass is 196 g/mol. The second-order valence-electron chi connectivity index (χ2n) is 2.63. The highest BCUT2D eigenvalue weighted by atomic mass is 16.4. The van der Waals surface area contributed by atoms with Crippen LogP contribution in [0.25, 0.3) is 0 Å². The number of nitrogens with zero attached hydrogens (tertiary/aromatic N) is 2. The fourth-order valence-corrected chi connectivity index (χ4v) is 0.917. The van der Waals surface area contributed by atoms with Crippen LogP contribution in [0, 0.1) is 20.8 Å². The summed E-state index contributed by atoms with van der Waals surface area (Å²) in [6, 6.07) is 0. The van der Waals surface area contributed by atoms with Crippen LogP contribution < -0.4 is 0 Å². The maximum Gasteiger partial charge on any atom is 0.356 e. The lowest BCUT2D eigenvalue weighted by molar-refractivity contribution is 0.0688. The van der Waals surface area contributed by atoms with Gasteiger partial charge in [0, 0.05) is 0 Å². The number of rotatable bonds is 1. The van der Waals surface area contributed by atoms with Gasteiger partial charge in [-0.05, 0) is 20.8 Å². The normalized spacial score (nSPS) is 8.93. The van der Waals surface area contributed by atoms with Crippen LogP contribution in [0.4, 0.5) is 0 Å². The lowest BCUT2D eigenvalue weighted by Crippen LogP contribution is -2.08. The van der Waals surface area contributed by atoms with Gasteiger partial charge in [0.25, 0.3) is 0 Å². The molecule has 1 aromatic heterocycles. The van der Waals surface area contributed by atoms with E-state index in [0.717, 1.165) is 5.69 Å². The molecule has 0 spiro atoms. The summed E-state index contributed by atoms with van der Waals surface area (Å²) in [5.41, 5.74) is 1.94. The van der Waals surface area contributed by atoms with E-state index in [-0.39, 0.29) is 5.69 Å². The Balaban J connectivity index is 0.000000791. The molecule has 0 fully saturated rings. The number of hydrogen-bond donors (Lipinski definition) is 1. The molecule has 4 nitrogen and oxygen atoms in total. The van der Waals surface area contributed by atoms with E-state index in [9.17, 15) is 4.79 Å². The molecule has 0 aliphatic heterocycles. The third-order valence-electron chi connectivity index (χ3n) is 1.68. The van der Waals surface area contributed by atoms with Gasteiger partial charge in [-0.25, -0.2) is 9.78 Å². The molecule has 1 heterocycles. The van der Waals surface area contributed by atoms with Crippen molar-refractivity contribution in [3.05, 3.63) is 22.8 Å². The molecule has 0 atom stereocenters. The zero-order valence-electron chi connectivity index (χ0n) is 9.25. The average molecular weight is 196 g/mol. The third-order valence-corrected chi connectivity index (χ3v) is 1.68. The fourth-order valence-electron chi connectivity index (χ4n) is 0.917. The van der Waals surface area contributed by atoms with Gasteiger partial charge in [-0.15, -0.1) is 0 Å². The minimum absolute atomic E-state index is 0.0399. The zero-order valence-corrected chi connectivity index (χ0v) is 9.25. The molecular formula is C10H16N2O2.